The van der Waals surface area contributed by atoms with Crippen LogP contribution in [0.25, 0.3) is 0 Å². The number of hydrogen-bond acceptors (Lipinski definition) is 2. The van der Waals surface area contributed by atoms with Crippen LogP contribution in [0.2, 0.25) is 0 Å². The molecule has 1 aromatic carbocycles. The average molecular weight is 221 g/mol. The lowest BCUT2D eigenvalue weighted by atomic mass is 9.93. The van der Waals surface area contributed by atoms with E-state index in [-0.39, 0.29) is 11.2 Å². The van der Waals surface area contributed by atoms with Crippen molar-refractivity contribution in [2.24, 2.45) is 11.7 Å². The highest BCUT2D eigenvalue weighted by molar-refractivity contribution is 8.00. The lowest BCUT2D eigenvalue weighted by molar-refractivity contribution is -0.118. The van der Waals surface area contributed by atoms with Crippen LogP contribution < -0.4 is 5.73 Å². The van der Waals surface area contributed by atoms with Crippen molar-refractivity contribution in [3.63, 3.8) is 0 Å². The van der Waals surface area contributed by atoms with E-state index in [1.54, 1.807) is 11.8 Å². The van der Waals surface area contributed by atoms with Gasteiger partial charge in [0, 0.05) is 0 Å². The number of hydrogen-bond donors (Lipinski definition) is 1. The van der Waals surface area contributed by atoms with Gasteiger partial charge in [0.15, 0.2) is 0 Å². The Balaban J connectivity index is 2.03. The number of thioether (sulfide) groups is 1. The molecule has 2 nitrogen and oxygen atoms in total. The molecule has 1 aliphatic rings. The van der Waals surface area contributed by atoms with Crippen molar-refractivity contribution in [2.45, 2.75) is 18.1 Å². The fourth-order valence-corrected chi connectivity index (χ4v) is 3.44. The van der Waals surface area contributed by atoms with Gasteiger partial charge in [0.25, 0.3) is 0 Å². The van der Waals surface area contributed by atoms with Crippen LogP contribution in [0, 0.1) is 5.92 Å². The van der Waals surface area contributed by atoms with Gasteiger partial charge in [0.2, 0.25) is 5.91 Å². The van der Waals surface area contributed by atoms with Crippen LogP contribution in [0.5, 0.6) is 0 Å². The van der Waals surface area contributed by atoms with Crippen LogP contribution in [-0.2, 0) is 11.2 Å². The summed E-state index contributed by atoms with van der Waals surface area (Å²) in [6.07, 6.45) is 2.08. The molecular weight excluding hydrogens is 206 g/mol. The molecule has 3 heteroatoms. The molecule has 80 valence electrons. The molecule has 0 aliphatic carbocycles. The minimum absolute atomic E-state index is 0.0187. The van der Waals surface area contributed by atoms with E-state index in [2.05, 4.69) is 12.1 Å². The molecule has 0 saturated carbocycles. The summed E-state index contributed by atoms with van der Waals surface area (Å²) >= 11 is 1.70. The van der Waals surface area contributed by atoms with Crippen LogP contribution in [0.1, 0.15) is 12.0 Å². The normalized spacial score (nSPS) is 25.3. The zero-order chi connectivity index (χ0) is 10.7. The fraction of sp³-hybridized carbons (Fsp3) is 0.417. The topological polar surface area (TPSA) is 43.1 Å². The zero-order valence-electron chi connectivity index (χ0n) is 8.56. The highest BCUT2D eigenvalue weighted by Gasteiger charge is 2.31. The predicted molar refractivity (Wildman–Crippen MR) is 63.7 cm³/mol. The summed E-state index contributed by atoms with van der Waals surface area (Å²) in [6, 6.07) is 10.3. The number of nitrogens with two attached hydrogens (primary N) is 1. The van der Waals surface area contributed by atoms with Crippen LogP contribution in [0.4, 0.5) is 0 Å². The molecule has 2 rings (SSSR count). The maximum atomic E-state index is 11.2. The Bertz CT molecular complexity index is 339. The van der Waals surface area contributed by atoms with Crippen molar-refractivity contribution < 1.29 is 4.79 Å². The third-order valence-electron chi connectivity index (χ3n) is 2.84. The van der Waals surface area contributed by atoms with E-state index in [9.17, 15) is 4.79 Å². The van der Waals surface area contributed by atoms with Gasteiger partial charge in [-0.2, -0.15) is 0 Å². The third-order valence-corrected chi connectivity index (χ3v) is 4.28. The first-order valence-electron chi connectivity index (χ1n) is 5.22. The van der Waals surface area contributed by atoms with E-state index < -0.39 is 0 Å². The van der Waals surface area contributed by atoms with Gasteiger partial charge in [-0.15, -0.1) is 11.8 Å². The first-order valence-corrected chi connectivity index (χ1v) is 6.27. The summed E-state index contributed by atoms with van der Waals surface area (Å²) in [5, 5.41) is 0.0187. The zero-order valence-corrected chi connectivity index (χ0v) is 9.37. The van der Waals surface area contributed by atoms with Gasteiger partial charge in [-0.25, -0.2) is 0 Å². The second kappa shape index (κ2) is 4.71. The van der Waals surface area contributed by atoms with Gasteiger partial charge in [0.05, 0.1) is 5.25 Å². The number of primary amides is 1. The summed E-state index contributed by atoms with van der Waals surface area (Å²) in [7, 11) is 0. The van der Waals surface area contributed by atoms with Crippen molar-refractivity contribution >= 4 is 17.7 Å². The van der Waals surface area contributed by atoms with Crippen molar-refractivity contribution in [3.8, 4) is 0 Å². The standard InChI is InChI=1S/C12H15NOS/c13-12(14)11-10(6-7-15-11)8-9-4-2-1-3-5-9/h1-5,10-11H,6-8H2,(H2,13,14). The first kappa shape index (κ1) is 10.6. The smallest absolute Gasteiger partial charge is 0.230 e. The summed E-state index contributed by atoms with van der Waals surface area (Å²) in [6.45, 7) is 0. The Labute approximate surface area is 94.2 Å². The highest BCUT2D eigenvalue weighted by atomic mass is 32.2. The largest absolute Gasteiger partial charge is 0.369 e. The van der Waals surface area contributed by atoms with Gasteiger partial charge < -0.3 is 5.73 Å². The number of amides is 1. The third kappa shape index (κ3) is 2.53. The highest BCUT2D eigenvalue weighted by Crippen LogP contribution is 2.34. The summed E-state index contributed by atoms with van der Waals surface area (Å²) in [5.41, 5.74) is 6.68. The number of carbonyl (C=O) groups is 1. The van der Waals surface area contributed by atoms with E-state index in [0.717, 1.165) is 18.6 Å². The van der Waals surface area contributed by atoms with Gasteiger partial charge in [-0.1, -0.05) is 30.3 Å². The van der Waals surface area contributed by atoms with E-state index in [4.69, 9.17) is 5.73 Å². The van der Waals surface area contributed by atoms with Crippen molar-refractivity contribution in [2.75, 3.05) is 5.75 Å². The SMILES string of the molecule is NC(=O)C1SCCC1Cc1ccccc1. The molecule has 1 aromatic rings. The van der Waals surface area contributed by atoms with Gasteiger partial charge in [0.1, 0.15) is 0 Å². The number of rotatable bonds is 3. The molecule has 1 aliphatic heterocycles. The van der Waals surface area contributed by atoms with Crippen LogP contribution in [0.15, 0.2) is 30.3 Å². The van der Waals surface area contributed by atoms with E-state index >= 15 is 0 Å². The molecule has 1 amide bonds. The number of carbonyl (C=O) groups excluding carboxylic acids is 1. The van der Waals surface area contributed by atoms with Gasteiger partial charge in [-0.3, -0.25) is 4.79 Å². The molecule has 2 N–H and O–H groups in total. The Hall–Kier alpha value is -0.960. The molecule has 2 atom stereocenters. The average Bonchev–Trinajstić information content (AvgIpc) is 2.67. The fourth-order valence-electron chi connectivity index (χ4n) is 2.07. The molecule has 0 aromatic heterocycles. The molecule has 15 heavy (non-hydrogen) atoms. The van der Waals surface area contributed by atoms with Crippen molar-refractivity contribution in [3.05, 3.63) is 35.9 Å². The lowest BCUT2D eigenvalue weighted by Crippen LogP contribution is -2.30. The predicted octanol–water partition coefficient (Wildman–Crippen LogP) is 1.84. The van der Waals surface area contributed by atoms with Gasteiger partial charge >= 0.3 is 0 Å². The Morgan fingerprint density at radius 2 is 2.13 bits per heavy atom. The van der Waals surface area contributed by atoms with Crippen molar-refractivity contribution in [1.29, 1.82) is 0 Å². The first-order chi connectivity index (χ1) is 7.27. The monoisotopic (exact) mass is 221 g/mol. The molecule has 0 spiro atoms. The van der Waals surface area contributed by atoms with E-state index in [0.29, 0.717) is 5.92 Å². The molecule has 0 bridgehead atoms. The Kier molecular flexibility index (Phi) is 3.31. The van der Waals surface area contributed by atoms with Crippen LogP contribution >= 0.6 is 11.8 Å². The summed E-state index contributed by atoms with van der Waals surface area (Å²) in [4.78, 5) is 11.2. The Morgan fingerprint density at radius 1 is 1.40 bits per heavy atom. The quantitative estimate of drug-likeness (QED) is 0.846. The van der Waals surface area contributed by atoms with Gasteiger partial charge in [-0.05, 0) is 30.1 Å². The van der Waals surface area contributed by atoms with Crippen molar-refractivity contribution in [1.82, 2.24) is 0 Å². The minimum atomic E-state index is -0.154. The molecule has 1 saturated heterocycles. The summed E-state index contributed by atoms with van der Waals surface area (Å²) in [5.74, 6) is 1.33. The Morgan fingerprint density at radius 3 is 2.80 bits per heavy atom. The molecule has 1 fully saturated rings. The number of benzene rings is 1. The molecular formula is C12H15NOS. The molecule has 2 unspecified atom stereocenters. The lowest BCUT2D eigenvalue weighted by Gasteiger charge is -2.15. The summed E-state index contributed by atoms with van der Waals surface area (Å²) < 4.78 is 0. The second-order valence-corrected chi connectivity index (χ2v) is 5.18. The second-order valence-electron chi connectivity index (χ2n) is 3.93. The van der Waals surface area contributed by atoms with Crippen LogP contribution in [0.3, 0.4) is 0 Å². The van der Waals surface area contributed by atoms with E-state index in [1.807, 2.05) is 18.2 Å². The van der Waals surface area contributed by atoms with E-state index in [1.165, 1.54) is 5.56 Å². The molecule has 0 radical (unpaired) electrons. The molecule has 1 heterocycles. The maximum Gasteiger partial charge on any atom is 0.230 e. The minimum Gasteiger partial charge on any atom is -0.369 e. The van der Waals surface area contributed by atoms with Crippen LogP contribution in [-0.4, -0.2) is 16.9 Å². The maximum absolute atomic E-state index is 11.2.